The van der Waals surface area contributed by atoms with E-state index in [4.69, 9.17) is 0 Å². The molecule has 0 radical (unpaired) electrons. The molecule has 0 aliphatic heterocycles. The molecule has 2 heterocycles. The van der Waals surface area contributed by atoms with Gasteiger partial charge in [0.05, 0.1) is 0 Å². The molecule has 0 saturated heterocycles. The molecular formula is C26H25N2+. The minimum absolute atomic E-state index is 0.991. The molecule has 0 unspecified atom stereocenters. The summed E-state index contributed by atoms with van der Waals surface area (Å²) >= 11 is 0. The number of rotatable bonds is 7. The van der Waals surface area contributed by atoms with Crippen LogP contribution in [0.1, 0.15) is 16.8 Å². The molecule has 2 aromatic heterocycles. The van der Waals surface area contributed by atoms with Crippen LogP contribution in [0.25, 0.3) is 11.1 Å². The normalized spacial score (nSPS) is 10.7. The van der Waals surface area contributed by atoms with Gasteiger partial charge in [-0.3, -0.25) is 4.98 Å². The molecule has 0 atom stereocenters. The SMILES string of the molecule is c1ccc(CCc2cc(-c3ccncc3)cc[n+]2CCc2ccccc2)cc1. The lowest BCUT2D eigenvalue weighted by atomic mass is 10.0. The fourth-order valence-electron chi connectivity index (χ4n) is 3.55. The molecule has 2 aromatic carbocycles. The second-order valence-electron chi connectivity index (χ2n) is 7.06. The summed E-state index contributed by atoms with van der Waals surface area (Å²) in [5.74, 6) is 0. The Kier molecular flexibility index (Phi) is 5.89. The summed E-state index contributed by atoms with van der Waals surface area (Å²) in [6.07, 6.45) is 9.06. The van der Waals surface area contributed by atoms with E-state index in [1.165, 1.54) is 27.9 Å². The van der Waals surface area contributed by atoms with Gasteiger partial charge in [-0.1, -0.05) is 60.7 Å². The van der Waals surface area contributed by atoms with Gasteiger partial charge in [-0.15, -0.1) is 0 Å². The van der Waals surface area contributed by atoms with Crippen molar-refractivity contribution in [3.63, 3.8) is 0 Å². The number of aryl methyl sites for hydroxylation is 4. The molecule has 2 heteroatoms. The smallest absolute Gasteiger partial charge is 0.182 e. The maximum atomic E-state index is 4.14. The van der Waals surface area contributed by atoms with Crippen LogP contribution in [-0.2, 0) is 25.8 Å². The zero-order valence-electron chi connectivity index (χ0n) is 16.0. The highest BCUT2D eigenvalue weighted by atomic mass is 14.9. The summed E-state index contributed by atoms with van der Waals surface area (Å²) in [4.78, 5) is 4.14. The van der Waals surface area contributed by atoms with E-state index < -0.39 is 0 Å². The Hall–Kier alpha value is -3.26. The molecule has 28 heavy (non-hydrogen) atoms. The number of aromatic nitrogens is 2. The summed E-state index contributed by atoms with van der Waals surface area (Å²) in [6.45, 7) is 0.991. The van der Waals surface area contributed by atoms with Gasteiger partial charge in [0, 0.05) is 37.4 Å². The minimum Gasteiger partial charge on any atom is -0.265 e. The highest BCUT2D eigenvalue weighted by molar-refractivity contribution is 5.62. The zero-order chi connectivity index (χ0) is 19.0. The van der Waals surface area contributed by atoms with E-state index in [-0.39, 0.29) is 0 Å². The summed E-state index contributed by atoms with van der Waals surface area (Å²) in [6, 6.07) is 30.1. The molecule has 0 aliphatic rings. The zero-order valence-corrected chi connectivity index (χ0v) is 16.0. The van der Waals surface area contributed by atoms with Gasteiger partial charge in [-0.2, -0.15) is 0 Å². The van der Waals surface area contributed by atoms with Crippen LogP contribution in [0.3, 0.4) is 0 Å². The van der Waals surface area contributed by atoms with Crippen molar-refractivity contribution >= 4 is 0 Å². The molecule has 138 valence electrons. The quantitative estimate of drug-likeness (QED) is 0.418. The van der Waals surface area contributed by atoms with E-state index in [0.717, 1.165) is 25.8 Å². The van der Waals surface area contributed by atoms with Crippen LogP contribution in [0.15, 0.2) is 104 Å². The van der Waals surface area contributed by atoms with Gasteiger partial charge in [-0.05, 0) is 40.8 Å². The molecule has 0 N–H and O–H groups in total. The van der Waals surface area contributed by atoms with E-state index in [9.17, 15) is 0 Å². The molecule has 0 saturated carbocycles. The average molecular weight is 366 g/mol. The largest absolute Gasteiger partial charge is 0.265 e. The molecule has 4 rings (SSSR count). The average Bonchev–Trinajstić information content (AvgIpc) is 2.78. The Balaban J connectivity index is 1.58. The standard InChI is InChI=1S/C26H25N2/c1-3-7-22(8-4-1)11-12-26-21-25(24-13-17-27-18-14-24)16-20-28(26)19-15-23-9-5-2-6-10-23/h1-10,13-14,16-18,20-21H,11-12,15,19H2/q+1. The van der Waals surface area contributed by atoms with Gasteiger partial charge in [0.15, 0.2) is 18.4 Å². The molecule has 4 aromatic rings. The van der Waals surface area contributed by atoms with E-state index in [2.05, 4.69) is 101 Å². The summed E-state index contributed by atoms with van der Waals surface area (Å²) in [5.41, 5.74) is 6.59. The third-order valence-corrected chi connectivity index (χ3v) is 5.14. The highest BCUT2D eigenvalue weighted by Gasteiger charge is 2.13. The summed E-state index contributed by atoms with van der Waals surface area (Å²) in [5, 5.41) is 0. The van der Waals surface area contributed by atoms with Gasteiger partial charge in [-0.25, -0.2) is 4.57 Å². The third kappa shape index (κ3) is 4.72. The van der Waals surface area contributed by atoms with E-state index in [1.807, 2.05) is 12.4 Å². The first-order chi connectivity index (χ1) is 13.9. The van der Waals surface area contributed by atoms with Gasteiger partial charge in [0.1, 0.15) is 0 Å². The van der Waals surface area contributed by atoms with Crippen molar-refractivity contribution in [2.24, 2.45) is 0 Å². The Morgan fingerprint density at radius 2 is 1.25 bits per heavy atom. The number of benzene rings is 2. The van der Waals surface area contributed by atoms with Gasteiger partial charge in [0.25, 0.3) is 0 Å². The fourth-order valence-corrected chi connectivity index (χ4v) is 3.55. The van der Waals surface area contributed by atoms with Crippen LogP contribution in [0.4, 0.5) is 0 Å². The predicted molar refractivity (Wildman–Crippen MR) is 114 cm³/mol. The molecule has 2 nitrogen and oxygen atoms in total. The second kappa shape index (κ2) is 9.09. The fraction of sp³-hybridized carbons (Fsp3) is 0.154. The van der Waals surface area contributed by atoms with Gasteiger partial charge >= 0.3 is 0 Å². The number of hydrogen-bond acceptors (Lipinski definition) is 1. The van der Waals surface area contributed by atoms with Crippen molar-refractivity contribution < 1.29 is 4.57 Å². The van der Waals surface area contributed by atoms with Crippen LogP contribution in [0.2, 0.25) is 0 Å². The van der Waals surface area contributed by atoms with Crippen molar-refractivity contribution in [3.8, 4) is 11.1 Å². The topological polar surface area (TPSA) is 16.8 Å². The van der Waals surface area contributed by atoms with Crippen LogP contribution in [-0.4, -0.2) is 4.98 Å². The van der Waals surface area contributed by atoms with Gasteiger partial charge in [0.2, 0.25) is 0 Å². The summed E-state index contributed by atoms with van der Waals surface area (Å²) < 4.78 is 2.40. The van der Waals surface area contributed by atoms with Crippen molar-refractivity contribution in [2.45, 2.75) is 25.8 Å². The monoisotopic (exact) mass is 365 g/mol. The summed E-state index contributed by atoms with van der Waals surface area (Å²) in [7, 11) is 0. The molecule has 0 bridgehead atoms. The van der Waals surface area contributed by atoms with Crippen LogP contribution in [0.5, 0.6) is 0 Å². The second-order valence-corrected chi connectivity index (χ2v) is 7.06. The number of hydrogen-bond donors (Lipinski definition) is 0. The van der Waals surface area contributed by atoms with Gasteiger partial charge < -0.3 is 0 Å². The molecular weight excluding hydrogens is 340 g/mol. The number of pyridine rings is 2. The molecule has 0 amide bonds. The van der Waals surface area contributed by atoms with E-state index >= 15 is 0 Å². The van der Waals surface area contributed by atoms with E-state index in [1.54, 1.807) is 0 Å². The molecule has 0 aliphatic carbocycles. The first-order valence-electron chi connectivity index (χ1n) is 9.89. The highest BCUT2D eigenvalue weighted by Crippen LogP contribution is 2.18. The van der Waals surface area contributed by atoms with Crippen LogP contribution in [0, 0.1) is 0 Å². The first-order valence-corrected chi connectivity index (χ1v) is 9.89. The van der Waals surface area contributed by atoms with Crippen LogP contribution >= 0.6 is 0 Å². The minimum atomic E-state index is 0.991. The van der Waals surface area contributed by atoms with E-state index in [0.29, 0.717) is 0 Å². The maximum absolute atomic E-state index is 4.14. The first kappa shape index (κ1) is 18.1. The van der Waals surface area contributed by atoms with Crippen molar-refractivity contribution in [2.75, 3.05) is 0 Å². The van der Waals surface area contributed by atoms with Crippen molar-refractivity contribution in [3.05, 3.63) is 120 Å². The Labute approximate surface area is 167 Å². The third-order valence-electron chi connectivity index (χ3n) is 5.14. The lowest BCUT2D eigenvalue weighted by Crippen LogP contribution is -2.39. The maximum Gasteiger partial charge on any atom is 0.182 e. The lowest BCUT2D eigenvalue weighted by molar-refractivity contribution is -0.703. The van der Waals surface area contributed by atoms with Crippen molar-refractivity contribution in [1.29, 1.82) is 0 Å². The van der Waals surface area contributed by atoms with Crippen LogP contribution < -0.4 is 4.57 Å². The Morgan fingerprint density at radius 3 is 1.93 bits per heavy atom. The van der Waals surface area contributed by atoms with Crippen molar-refractivity contribution in [1.82, 2.24) is 4.98 Å². The molecule has 0 fully saturated rings. The predicted octanol–water partition coefficient (Wildman–Crippen LogP) is 5.06. The Bertz CT molecular complexity index is 996. The Morgan fingerprint density at radius 1 is 0.607 bits per heavy atom. The number of nitrogens with zero attached hydrogens (tertiary/aromatic N) is 2. The molecule has 0 spiro atoms. The lowest BCUT2D eigenvalue weighted by Gasteiger charge is -2.08.